The smallest absolute Gasteiger partial charge is 0.325 e. The molecular formula is C12H14N4O3. The minimum atomic E-state index is -0.997. The Balaban J connectivity index is 2.31. The highest BCUT2D eigenvalue weighted by molar-refractivity contribution is 5.67. The number of benzene rings is 1. The Kier molecular flexibility index (Phi) is 3.74. The Bertz CT molecular complexity index is 580. The van der Waals surface area contributed by atoms with Gasteiger partial charge in [-0.1, -0.05) is 12.1 Å². The third-order valence-corrected chi connectivity index (χ3v) is 2.28. The zero-order valence-corrected chi connectivity index (χ0v) is 10.6. The highest BCUT2D eigenvalue weighted by atomic mass is 16.5. The van der Waals surface area contributed by atoms with Gasteiger partial charge < -0.3 is 9.84 Å². The number of ether oxygens (including phenoxy) is 1. The summed E-state index contributed by atoms with van der Waals surface area (Å²) < 4.78 is 6.81. The van der Waals surface area contributed by atoms with Gasteiger partial charge in [0.1, 0.15) is 12.3 Å². The molecule has 0 bridgehead atoms. The van der Waals surface area contributed by atoms with E-state index < -0.39 is 5.97 Å². The molecule has 100 valence electrons. The van der Waals surface area contributed by atoms with Crippen LogP contribution in [0.25, 0.3) is 11.4 Å². The summed E-state index contributed by atoms with van der Waals surface area (Å²) in [5.41, 5.74) is 0.712. The van der Waals surface area contributed by atoms with Crippen molar-refractivity contribution in [2.24, 2.45) is 0 Å². The first kappa shape index (κ1) is 13.0. The first-order chi connectivity index (χ1) is 9.06. The second-order valence-electron chi connectivity index (χ2n) is 4.25. The molecule has 0 amide bonds. The number of carboxylic acids is 1. The lowest BCUT2D eigenvalue weighted by Crippen LogP contribution is -2.11. The monoisotopic (exact) mass is 262 g/mol. The van der Waals surface area contributed by atoms with Gasteiger partial charge in [-0.2, -0.15) is 0 Å². The van der Waals surface area contributed by atoms with Crippen LogP contribution in [0.1, 0.15) is 13.8 Å². The molecule has 2 aromatic rings. The molecular weight excluding hydrogens is 248 g/mol. The number of aromatic nitrogens is 4. The number of nitrogens with zero attached hydrogens (tertiary/aromatic N) is 4. The lowest BCUT2D eigenvalue weighted by molar-refractivity contribution is -0.137. The quantitative estimate of drug-likeness (QED) is 0.871. The maximum absolute atomic E-state index is 10.7. The van der Waals surface area contributed by atoms with Gasteiger partial charge in [0.25, 0.3) is 0 Å². The molecule has 0 saturated heterocycles. The summed E-state index contributed by atoms with van der Waals surface area (Å²) in [6.07, 6.45) is 0.0604. The Morgan fingerprint density at radius 2 is 2.26 bits per heavy atom. The summed E-state index contributed by atoms with van der Waals surface area (Å²) in [6, 6.07) is 7.23. The third kappa shape index (κ3) is 3.27. The molecule has 0 saturated carbocycles. The van der Waals surface area contributed by atoms with Crippen molar-refractivity contribution in [2.75, 3.05) is 0 Å². The van der Waals surface area contributed by atoms with Crippen molar-refractivity contribution in [1.82, 2.24) is 20.2 Å². The number of carboxylic acid groups (broad SMARTS) is 1. The molecule has 0 aliphatic heterocycles. The van der Waals surface area contributed by atoms with E-state index in [2.05, 4.69) is 15.5 Å². The highest BCUT2D eigenvalue weighted by Crippen LogP contribution is 2.22. The van der Waals surface area contributed by atoms with E-state index in [1.165, 1.54) is 4.68 Å². The van der Waals surface area contributed by atoms with Crippen molar-refractivity contribution >= 4 is 5.97 Å². The van der Waals surface area contributed by atoms with Crippen LogP contribution in [0.15, 0.2) is 24.3 Å². The molecule has 1 N–H and O–H groups in total. The molecule has 7 heteroatoms. The number of carbonyl (C=O) groups is 1. The van der Waals surface area contributed by atoms with Crippen LogP contribution in [0.2, 0.25) is 0 Å². The predicted octanol–water partition coefficient (Wildman–Crippen LogP) is 1.21. The van der Waals surface area contributed by atoms with E-state index >= 15 is 0 Å². The summed E-state index contributed by atoms with van der Waals surface area (Å²) in [6.45, 7) is 3.58. The molecule has 1 aromatic heterocycles. The number of hydrogen-bond donors (Lipinski definition) is 1. The molecule has 19 heavy (non-hydrogen) atoms. The lowest BCUT2D eigenvalue weighted by atomic mass is 10.2. The predicted molar refractivity (Wildman–Crippen MR) is 66.7 cm³/mol. The van der Waals surface area contributed by atoms with E-state index in [-0.39, 0.29) is 12.6 Å². The topological polar surface area (TPSA) is 90.1 Å². The number of hydrogen-bond acceptors (Lipinski definition) is 5. The van der Waals surface area contributed by atoms with Crippen LogP contribution in [0.5, 0.6) is 5.75 Å². The zero-order chi connectivity index (χ0) is 13.8. The molecule has 1 heterocycles. The molecule has 0 atom stereocenters. The van der Waals surface area contributed by atoms with Crippen LogP contribution in [0, 0.1) is 0 Å². The molecule has 7 nitrogen and oxygen atoms in total. The van der Waals surface area contributed by atoms with Gasteiger partial charge in [0.15, 0.2) is 5.82 Å². The largest absolute Gasteiger partial charge is 0.491 e. The normalized spacial score (nSPS) is 10.7. The van der Waals surface area contributed by atoms with E-state index in [4.69, 9.17) is 9.84 Å². The van der Waals surface area contributed by atoms with Gasteiger partial charge in [-0.15, -0.1) is 5.10 Å². The summed E-state index contributed by atoms with van der Waals surface area (Å²) in [5, 5.41) is 19.8. The molecule has 2 rings (SSSR count). The Morgan fingerprint density at radius 3 is 2.95 bits per heavy atom. The van der Waals surface area contributed by atoms with Gasteiger partial charge in [0.2, 0.25) is 0 Å². The minimum Gasteiger partial charge on any atom is -0.491 e. The van der Waals surface area contributed by atoms with Crippen LogP contribution in [0.3, 0.4) is 0 Å². The first-order valence-electron chi connectivity index (χ1n) is 5.81. The van der Waals surface area contributed by atoms with E-state index in [9.17, 15) is 4.79 Å². The molecule has 0 radical (unpaired) electrons. The van der Waals surface area contributed by atoms with Gasteiger partial charge in [0.05, 0.1) is 6.10 Å². The fourth-order valence-corrected chi connectivity index (χ4v) is 1.63. The second-order valence-corrected chi connectivity index (χ2v) is 4.25. The standard InChI is InChI=1S/C12H14N4O3/c1-8(2)19-10-5-3-4-9(6-10)12-13-14-15-16(12)7-11(17)18/h3-6,8H,7H2,1-2H3,(H,17,18). The minimum absolute atomic E-state index is 0.0604. The van der Waals surface area contributed by atoms with E-state index in [1.54, 1.807) is 12.1 Å². The number of tetrazole rings is 1. The maximum Gasteiger partial charge on any atom is 0.325 e. The van der Waals surface area contributed by atoms with Gasteiger partial charge in [-0.25, -0.2) is 4.68 Å². The highest BCUT2D eigenvalue weighted by Gasteiger charge is 2.12. The second kappa shape index (κ2) is 5.47. The Hall–Kier alpha value is -2.44. The summed E-state index contributed by atoms with van der Waals surface area (Å²) in [4.78, 5) is 10.7. The average molecular weight is 262 g/mol. The molecule has 0 spiro atoms. The van der Waals surface area contributed by atoms with Crippen molar-refractivity contribution in [3.63, 3.8) is 0 Å². The fourth-order valence-electron chi connectivity index (χ4n) is 1.63. The van der Waals surface area contributed by atoms with Crippen LogP contribution >= 0.6 is 0 Å². The van der Waals surface area contributed by atoms with Crippen molar-refractivity contribution in [2.45, 2.75) is 26.5 Å². The van der Waals surface area contributed by atoms with Crippen molar-refractivity contribution in [1.29, 1.82) is 0 Å². The number of rotatable bonds is 5. The van der Waals surface area contributed by atoms with Gasteiger partial charge in [-0.3, -0.25) is 4.79 Å². The van der Waals surface area contributed by atoms with Crippen molar-refractivity contribution in [3.05, 3.63) is 24.3 Å². The molecule has 0 aliphatic rings. The van der Waals surface area contributed by atoms with Crippen LogP contribution < -0.4 is 4.74 Å². The number of aliphatic carboxylic acids is 1. The van der Waals surface area contributed by atoms with E-state index in [0.29, 0.717) is 17.1 Å². The molecule has 0 fully saturated rings. The van der Waals surface area contributed by atoms with Crippen LogP contribution in [0.4, 0.5) is 0 Å². The van der Waals surface area contributed by atoms with Gasteiger partial charge in [-0.05, 0) is 36.4 Å². The van der Waals surface area contributed by atoms with Crippen LogP contribution in [-0.4, -0.2) is 37.4 Å². The van der Waals surface area contributed by atoms with Crippen molar-refractivity contribution < 1.29 is 14.6 Å². The molecule has 0 aliphatic carbocycles. The van der Waals surface area contributed by atoms with E-state index in [0.717, 1.165) is 0 Å². The molecule has 0 unspecified atom stereocenters. The van der Waals surface area contributed by atoms with Gasteiger partial charge in [0, 0.05) is 5.56 Å². The zero-order valence-electron chi connectivity index (χ0n) is 10.6. The van der Waals surface area contributed by atoms with E-state index in [1.807, 2.05) is 26.0 Å². The fraction of sp³-hybridized carbons (Fsp3) is 0.333. The van der Waals surface area contributed by atoms with Crippen LogP contribution in [-0.2, 0) is 11.3 Å². The van der Waals surface area contributed by atoms with Gasteiger partial charge >= 0.3 is 5.97 Å². The Labute approximate surface area is 109 Å². The summed E-state index contributed by atoms with van der Waals surface area (Å²) in [7, 11) is 0. The summed E-state index contributed by atoms with van der Waals surface area (Å²) >= 11 is 0. The van der Waals surface area contributed by atoms with Crippen molar-refractivity contribution in [3.8, 4) is 17.1 Å². The third-order valence-electron chi connectivity index (χ3n) is 2.28. The summed E-state index contributed by atoms with van der Waals surface area (Å²) in [5.74, 6) is 0.0946. The first-order valence-corrected chi connectivity index (χ1v) is 5.81. The molecule has 1 aromatic carbocycles. The Morgan fingerprint density at radius 1 is 1.47 bits per heavy atom. The maximum atomic E-state index is 10.7. The lowest BCUT2D eigenvalue weighted by Gasteiger charge is -2.10. The SMILES string of the molecule is CC(C)Oc1cccc(-c2nnnn2CC(=O)O)c1. The average Bonchev–Trinajstić information content (AvgIpc) is 2.75.